The Hall–Kier alpha value is -3.71. The highest BCUT2D eigenvalue weighted by molar-refractivity contribution is 6.32. The third-order valence-electron chi connectivity index (χ3n) is 4.19. The molecule has 158 valence electrons. The van der Waals surface area contributed by atoms with Crippen LogP contribution in [0, 0.1) is 5.82 Å². The zero-order valence-corrected chi connectivity index (χ0v) is 17.3. The van der Waals surface area contributed by atoms with Crippen LogP contribution in [0.25, 0.3) is 0 Å². The Kier molecular flexibility index (Phi) is 7.35. The van der Waals surface area contributed by atoms with E-state index in [2.05, 4.69) is 15.8 Å². The van der Waals surface area contributed by atoms with Gasteiger partial charge in [0.05, 0.1) is 10.7 Å². The number of rotatable bonds is 7. The number of amides is 2. The molecule has 0 aromatic heterocycles. The van der Waals surface area contributed by atoms with E-state index in [1.807, 2.05) is 0 Å². The van der Waals surface area contributed by atoms with Gasteiger partial charge in [0.15, 0.2) is 6.61 Å². The molecule has 0 unspecified atom stereocenters. The van der Waals surface area contributed by atoms with Gasteiger partial charge in [-0.05, 0) is 55.0 Å². The van der Waals surface area contributed by atoms with Gasteiger partial charge in [-0.3, -0.25) is 9.59 Å². The van der Waals surface area contributed by atoms with Gasteiger partial charge < -0.3 is 10.1 Å². The Morgan fingerprint density at radius 1 is 1.00 bits per heavy atom. The molecule has 8 heteroatoms. The molecule has 0 aliphatic heterocycles. The molecule has 2 amide bonds. The molecule has 0 aliphatic rings. The minimum atomic E-state index is -0.478. The maximum absolute atomic E-state index is 13.3. The molecule has 0 spiro atoms. The van der Waals surface area contributed by atoms with Crippen LogP contribution in [0.4, 0.5) is 10.1 Å². The molecule has 0 saturated heterocycles. The lowest BCUT2D eigenvalue weighted by atomic mass is 10.1. The number of anilines is 1. The lowest BCUT2D eigenvalue weighted by molar-refractivity contribution is -0.123. The number of benzene rings is 3. The Balaban J connectivity index is 1.53. The summed E-state index contributed by atoms with van der Waals surface area (Å²) in [4.78, 5) is 24.1. The molecule has 0 atom stereocenters. The fourth-order valence-electron chi connectivity index (χ4n) is 2.58. The molecular formula is C23H19ClFN3O3. The van der Waals surface area contributed by atoms with Gasteiger partial charge in [0, 0.05) is 11.3 Å². The van der Waals surface area contributed by atoms with E-state index in [4.69, 9.17) is 16.3 Å². The third kappa shape index (κ3) is 6.38. The lowest BCUT2D eigenvalue weighted by Crippen LogP contribution is -2.25. The van der Waals surface area contributed by atoms with Crippen LogP contribution in [0.5, 0.6) is 5.75 Å². The average molecular weight is 440 g/mol. The summed E-state index contributed by atoms with van der Waals surface area (Å²) in [5.41, 5.74) is 4.50. The molecule has 0 heterocycles. The number of hydrogen-bond acceptors (Lipinski definition) is 4. The van der Waals surface area contributed by atoms with Crippen LogP contribution in [0.1, 0.15) is 22.8 Å². The third-order valence-corrected chi connectivity index (χ3v) is 4.50. The summed E-state index contributed by atoms with van der Waals surface area (Å²) >= 11 is 5.97. The first-order valence-corrected chi connectivity index (χ1v) is 9.68. The number of carbonyl (C=O) groups is 2. The summed E-state index contributed by atoms with van der Waals surface area (Å²) in [6.45, 7) is 1.50. The molecule has 3 aromatic carbocycles. The number of hydrogen-bond donors (Lipinski definition) is 2. The van der Waals surface area contributed by atoms with Crippen molar-refractivity contribution in [3.63, 3.8) is 0 Å². The van der Waals surface area contributed by atoms with Crippen molar-refractivity contribution in [3.8, 4) is 5.75 Å². The fraction of sp³-hybridized carbons (Fsp3) is 0.0870. The van der Waals surface area contributed by atoms with E-state index in [1.54, 1.807) is 55.5 Å². The number of halogens is 2. The first-order valence-electron chi connectivity index (χ1n) is 9.30. The zero-order chi connectivity index (χ0) is 22.2. The lowest BCUT2D eigenvalue weighted by Gasteiger charge is -2.08. The van der Waals surface area contributed by atoms with E-state index in [0.29, 0.717) is 22.2 Å². The summed E-state index contributed by atoms with van der Waals surface area (Å²) in [5.74, 6) is -0.910. The van der Waals surface area contributed by atoms with Crippen molar-refractivity contribution in [1.82, 2.24) is 5.43 Å². The van der Waals surface area contributed by atoms with Gasteiger partial charge in [0.1, 0.15) is 11.6 Å². The predicted octanol–water partition coefficient (Wildman–Crippen LogP) is 4.65. The topological polar surface area (TPSA) is 79.8 Å². The quantitative estimate of drug-likeness (QED) is 0.415. The van der Waals surface area contributed by atoms with Crippen LogP contribution in [-0.2, 0) is 4.79 Å². The van der Waals surface area contributed by atoms with Crippen molar-refractivity contribution in [2.24, 2.45) is 5.10 Å². The maximum atomic E-state index is 13.3. The Labute approximate surface area is 183 Å². The van der Waals surface area contributed by atoms with Crippen LogP contribution in [0.2, 0.25) is 5.02 Å². The summed E-state index contributed by atoms with van der Waals surface area (Å²) in [6.07, 6.45) is 0. The molecule has 0 bridgehead atoms. The molecule has 0 saturated carbocycles. The summed E-state index contributed by atoms with van der Waals surface area (Å²) in [5, 5.41) is 7.16. The van der Waals surface area contributed by atoms with Gasteiger partial charge in [-0.25, -0.2) is 9.82 Å². The highest BCUT2D eigenvalue weighted by Crippen LogP contribution is 2.22. The van der Waals surface area contributed by atoms with E-state index in [-0.39, 0.29) is 12.2 Å². The first-order chi connectivity index (χ1) is 14.9. The maximum Gasteiger partial charge on any atom is 0.277 e. The van der Waals surface area contributed by atoms with Gasteiger partial charge in [-0.15, -0.1) is 0 Å². The summed E-state index contributed by atoms with van der Waals surface area (Å²) < 4.78 is 18.6. The molecule has 2 N–H and O–H groups in total. The minimum Gasteiger partial charge on any atom is -0.482 e. The van der Waals surface area contributed by atoms with Crippen molar-refractivity contribution in [2.45, 2.75) is 6.92 Å². The second kappa shape index (κ2) is 10.4. The molecule has 6 nitrogen and oxygen atoms in total. The highest BCUT2D eigenvalue weighted by Gasteiger charge is 2.08. The van der Waals surface area contributed by atoms with Crippen LogP contribution in [-0.4, -0.2) is 24.1 Å². The number of nitrogens with one attached hydrogen (secondary N) is 2. The molecule has 0 fully saturated rings. The Morgan fingerprint density at radius 3 is 2.45 bits per heavy atom. The van der Waals surface area contributed by atoms with Gasteiger partial charge in [-0.2, -0.15) is 5.10 Å². The van der Waals surface area contributed by atoms with Gasteiger partial charge >= 0.3 is 0 Å². The minimum absolute atomic E-state index is 0.226. The second-order valence-electron chi connectivity index (χ2n) is 6.49. The Morgan fingerprint density at radius 2 is 1.74 bits per heavy atom. The van der Waals surface area contributed by atoms with Crippen LogP contribution in [0.15, 0.2) is 77.9 Å². The number of carbonyl (C=O) groups excluding carboxylic acids is 2. The van der Waals surface area contributed by atoms with E-state index >= 15 is 0 Å². The standard InChI is InChI=1S/C23H19ClFN3O3/c1-15(27-28-22(29)14-31-21-8-3-2-7-20(21)24)16-9-11-19(12-10-16)26-23(30)17-5-4-6-18(25)13-17/h2-13H,14H2,1H3,(H,26,30)(H,28,29)/b27-15+. The van der Waals surface area contributed by atoms with Crippen molar-refractivity contribution >= 4 is 34.8 Å². The van der Waals surface area contributed by atoms with E-state index in [9.17, 15) is 14.0 Å². The van der Waals surface area contributed by atoms with E-state index in [0.717, 1.165) is 5.56 Å². The van der Waals surface area contributed by atoms with Crippen molar-refractivity contribution in [3.05, 3.63) is 94.8 Å². The second-order valence-corrected chi connectivity index (χ2v) is 6.90. The van der Waals surface area contributed by atoms with E-state index < -0.39 is 17.6 Å². The number of hydrazone groups is 1. The number of ether oxygens (including phenoxy) is 1. The average Bonchev–Trinajstić information content (AvgIpc) is 2.77. The summed E-state index contributed by atoms with van der Waals surface area (Å²) in [6, 6.07) is 19.2. The largest absolute Gasteiger partial charge is 0.482 e. The number of nitrogens with zero attached hydrogens (tertiary/aromatic N) is 1. The Bertz CT molecular complexity index is 1120. The van der Waals surface area contributed by atoms with Gasteiger partial charge in [0.2, 0.25) is 0 Å². The first kappa shape index (κ1) is 22.0. The fourth-order valence-corrected chi connectivity index (χ4v) is 2.77. The van der Waals surface area contributed by atoms with Crippen LogP contribution in [0.3, 0.4) is 0 Å². The number of para-hydroxylation sites is 1. The molecule has 0 aliphatic carbocycles. The van der Waals surface area contributed by atoms with Crippen molar-refractivity contribution < 1.29 is 18.7 Å². The van der Waals surface area contributed by atoms with Crippen LogP contribution < -0.4 is 15.5 Å². The monoisotopic (exact) mass is 439 g/mol. The molecule has 3 aromatic rings. The summed E-state index contributed by atoms with van der Waals surface area (Å²) in [7, 11) is 0. The normalized spacial score (nSPS) is 11.0. The van der Waals surface area contributed by atoms with Crippen molar-refractivity contribution in [2.75, 3.05) is 11.9 Å². The van der Waals surface area contributed by atoms with Crippen LogP contribution >= 0.6 is 11.6 Å². The molecular weight excluding hydrogens is 421 g/mol. The van der Waals surface area contributed by atoms with Gasteiger partial charge in [0.25, 0.3) is 11.8 Å². The highest BCUT2D eigenvalue weighted by atomic mass is 35.5. The van der Waals surface area contributed by atoms with E-state index in [1.165, 1.54) is 24.3 Å². The van der Waals surface area contributed by atoms with Crippen molar-refractivity contribution in [1.29, 1.82) is 0 Å². The molecule has 31 heavy (non-hydrogen) atoms. The molecule has 0 radical (unpaired) electrons. The SMILES string of the molecule is C/C(=N\NC(=O)COc1ccccc1Cl)c1ccc(NC(=O)c2cccc(F)c2)cc1. The predicted molar refractivity (Wildman–Crippen MR) is 118 cm³/mol. The molecule has 3 rings (SSSR count). The smallest absolute Gasteiger partial charge is 0.277 e. The zero-order valence-electron chi connectivity index (χ0n) is 16.6. The van der Waals surface area contributed by atoms with Gasteiger partial charge in [-0.1, -0.05) is 41.9 Å².